The van der Waals surface area contributed by atoms with Gasteiger partial charge in [0, 0.05) is 5.56 Å². The summed E-state index contributed by atoms with van der Waals surface area (Å²) in [4.78, 5) is 16.1. The topological polar surface area (TPSA) is 62.0 Å². The molecule has 0 fully saturated rings. The molecule has 0 atom stereocenters. The van der Waals surface area contributed by atoms with Gasteiger partial charge in [-0.05, 0) is 41.7 Å². The van der Waals surface area contributed by atoms with E-state index in [2.05, 4.69) is 41.3 Å². The van der Waals surface area contributed by atoms with E-state index in [1.54, 1.807) is 12.1 Å². The van der Waals surface area contributed by atoms with E-state index in [4.69, 9.17) is 5.21 Å². The second-order valence-corrected chi connectivity index (χ2v) is 5.53. The van der Waals surface area contributed by atoms with Crippen LogP contribution in [0.25, 0.3) is 11.1 Å². The Labute approximate surface area is 142 Å². The van der Waals surface area contributed by atoms with Crippen LogP contribution in [0, 0.1) is 0 Å². The summed E-state index contributed by atoms with van der Waals surface area (Å²) in [6.07, 6.45) is 3.93. The van der Waals surface area contributed by atoms with Crippen LogP contribution in [0.1, 0.15) is 42.6 Å². The Morgan fingerprint density at radius 3 is 2.08 bits per heavy atom. The number of aryl methyl sites for hydroxylation is 1. The molecule has 0 aromatic heterocycles. The lowest BCUT2D eigenvalue weighted by Gasteiger charge is -2.05. The highest BCUT2D eigenvalue weighted by atomic mass is 16.4. The maximum atomic E-state index is 12.1. The summed E-state index contributed by atoms with van der Waals surface area (Å²) in [5, 5.41) is 11.5. The monoisotopic (exact) mass is 322 g/mol. The van der Waals surface area contributed by atoms with Gasteiger partial charge in [-0.1, -0.05) is 61.8 Å². The first-order valence-electron chi connectivity index (χ1n) is 8.16. The Morgan fingerprint density at radius 2 is 1.58 bits per heavy atom. The second kappa shape index (κ2) is 8.77. The first kappa shape index (κ1) is 17.6. The molecule has 1 N–H and O–H groups in total. The zero-order chi connectivity index (χ0) is 17.4. The SMILES string of the molecule is CCCc1ccc(-c2ccc(C(=O)N=C(C=NO)CC)cc2)cc1. The van der Waals surface area contributed by atoms with Crippen LogP contribution in [0.2, 0.25) is 0 Å². The number of amides is 1. The van der Waals surface area contributed by atoms with Gasteiger partial charge in [0.2, 0.25) is 0 Å². The van der Waals surface area contributed by atoms with E-state index >= 15 is 0 Å². The number of carbonyl (C=O) groups excluding carboxylic acids is 1. The molecule has 2 aromatic carbocycles. The normalized spacial score (nSPS) is 11.8. The first-order chi connectivity index (χ1) is 11.7. The highest BCUT2D eigenvalue weighted by Crippen LogP contribution is 2.21. The quantitative estimate of drug-likeness (QED) is 0.473. The van der Waals surface area contributed by atoms with Crippen molar-refractivity contribution in [3.05, 3.63) is 59.7 Å². The predicted octanol–water partition coefficient (Wildman–Crippen LogP) is 4.76. The van der Waals surface area contributed by atoms with Crippen molar-refractivity contribution in [2.45, 2.75) is 33.1 Å². The van der Waals surface area contributed by atoms with E-state index < -0.39 is 0 Å². The molecule has 0 aliphatic rings. The Hall–Kier alpha value is -2.75. The van der Waals surface area contributed by atoms with E-state index in [0.717, 1.165) is 24.0 Å². The van der Waals surface area contributed by atoms with Gasteiger partial charge in [0.1, 0.15) is 0 Å². The van der Waals surface area contributed by atoms with Crippen LogP contribution >= 0.6 is 0 Å². The van der Waals surface area contributed by atoms with Crippen LogP contribution in [0.5, 0.6) is 0 Å². The lowest BCUT2D eigenvalue weighted by Crippen LogP contribution is -2.04. The summed E-state index contributed by atoms with van der Waals surface area (Å²) in [6, 6.07) is 15.9. The molecule has 0 aliphatic carbocycles. The molecule has 0 aliphatic heterocycles. The average Bonchev–Trinajstić information content (AvgIpc) is 2.62. The largest absolute Gasteiger partial charge is 0.411 e. The molecule has 0 spiro atoms. The molecule has 2 aromatic rings. The van der Waals surface area contributed by atoms with E-state index in [9.17, 15) is 4.79 Å². The van der Waals surface area contributed by atoms with Crippen LogP contribution in [0.15, 0.2) is 58.7 Å². The van der Waals surface area contributed by atoms with Gasteiger partial charge in [0.05, 0.1) is 11.9 Å². The minimum absolute atomic E-state index is 0.336. The van der Waals surface area contributed by atoms with Gasteiger partial charge in [-0.15, -0.1) is 0 Å². The van der Waals surface area contributed by atoms with E-state index in [-0.39, 0.29) is 5.91 Å². The minimum Gasteiger partial charge on any atom is -0.411 e. The smallest absolute Gasteiger partial charge is 0.277 e. The molecule has 2 rings (SSSR count). The predicted molar refractivity (Wildman–Crippen MR) is 98.2 cm³/mol. The number of hydrogen-bond donors (Lipinski definition) is 1. The van der Waals surface area contributed by atoms with Gasteiger partial charge in [0.25, 0.3) is 5.91 Å². The van der Waals surface area contributed by atoms with E-state index in [1.165, 1.54) is 11.8 Å². The molecule has 0 heterocycles. The number of rotatable bonds is 6. The maximum Gasteiger partial charge on any atom is 0.277 e. The fourth-order valence-electron chi connectivity index (χ4n) is 2.42. The summed E-state index contributed by atoms with van der Waals surface area (Å²) in [6.45, 7) is 4.02. The zero-order valence-electron chi connectivity index (χ0n) is 14.1. The van der Waals surface area contributed by atoms with Crippen LogP contribution in [-0.2, 0) is 6.42 Å². The van der Waals surface area contributed by atoms with Gasteiger partial charge in [0.15, 0.2) is 0 Å². The Balaban J connectivity index is 2.16. The molecule has 0 unspecified atom stereocenters. The lowest BCUT2D eigenvalue weighted by molar-refractivity contribution is 0.100. The molecule has 0 saturated heterocycles. The maximum absolute atomic E-state index is 12.1. The molecule has 124 valence electrons. The van der Waals surface area contributed by atoms with Crippen molar-refractivity contribution in [2.75, 3.05) is 0 Å². The summed E-state index contributed by atoms with van der Waals surface area (Å²) in [5.74, 6) is -0.336. The van der Waals surface area contributed by atoms with Gasteiger partial charge in [-0.2, -0.15) is 0 Å². The van der Waals surface area contributed by atoms with E-state index in [0.29, 0.717) is 17.7 Å². The summed E-state index contributed by atoms with van der Waals surface area (Å²) < 4.78 is 0. The van der Waals surface area contributed by atoms with Crippen LogP contribution < -0.4 is 0 Å². The van der Waals surface area contributed by atoms with Gasteiger partial charge >= 0.3 is 0 Å². The fourth-order valence-corrected chi connectivity index (χ4v) is 2.42. The van der Waals surface area contributed by atoms with Gasteiger partial charge < -0.3 is 5.21 Å². The van der Waals surface area contributed by atoms with Crippen LogP contribution in [-0.4, -0.2) is 23.0 Å². The number of carbonyl (C=O) groups is 1. The Bertz CT molecular complexity index is 729. The Morgan fingerprint density at radius 1 is 1.00 bits per heavy atom. The molecule has 24 heavy (non-hydrogen) atoms. The molecule has 0 saturated carbocycles. The zero-order valence-corrected chi connectivity index (χ0v) is 14.1. The molecular weight excluding hydrogens is 300 g/mol. The Kier molecular flexibility index (Phi) is 6.43. The van der Waals surface area contributed by atoms with Crippen molar-refractivity contribution in [3.8, 4) is 11.1 Å². The third kappa shape index (κ3) is 4.62. The fraction of sp³-hybridized carbons (Fsp3) is 0.250. The summed E-state index contributed by atoms with van der Waals surface area (Å²) >= 11 is 0. The molecule has 0 bridgehead atoms. The molecule has 0 radical (unpaired) electrons. The molecule has 4 nitrogen and oxygen atoms in total. The van der Waals surface area contributed by atoms with Crippen molar-refractivity contribution < 1.29 is 10.0 Å². The van der Waals surface area contributed by atoms with Gasteiger partial charge in [-0.25, -0.2) is 4.99 Å². The highest BCUT2D eigenvalue weighted by Gasteiger charge is 2.06. The number of benzene rings is 2. The van der Waals surface area contributed by atoms with Crippen molar-refractivity contribution in [2.24, 2.45) is 10.1 Å². The molecule has 4 heteroatoms. The van der Waals surface area contributed by atoms with Crippen molar-refractivity contribution >= 4 is 17.8 Å². The van der Waals surface area contributed by atoms with Crippen molar-refractivity contribution in [3.63, 3.8) is 0 Å². The number of oxime groups is 1. The summed E-state index contributed by atoms with van der Waals surface area (Å²) in [5.41, 5.74) is 4.47. The van der Waals surface area contributed by atoms with Gasteiger partial charge in [-0.3, -0.25) is 4.79 Å². The average molecular weight is 322 g/mol. The van der Waals surface area contributed by atoms with Crippen molar-refractivity contribution in [1.82, 2.24) is 0 Å². The molecule has 1 amide bonds. The highest BCUT2D eigenvalue weighted by molar-refractivity contribution is 6.33. The summed E-state index contributed by atoms with van der Waals surface area (Å²) in [7, 11) is 0. The van der Waals surface area contributed by atoms with E-state index in [1.807, 2.05) is 19.1 Å². The second-order valence-electron chi connectivity index (χ2n) is 5.53. The minimum atomic E-state index is -0.336. The van der Waals surface area contributed by atoms with Crippen LogP contribution in [0.4, 0.5) is 0 Å². The van der Waals surface area contributed by atoms with Crippen LogP contribution in [0.3, 0.4) is 0 Å². The standard InChI is InChI=1S/C20H22N2O2/c1-3-5-15-6-8-16(9-7-15)17-10-12-18(13-11-17)20(23)22-19(4-2)14-21-24/h6-14,24H,3-5H2,1-2H3. The lowest BCUT2D eigenvalue weighted by atomic mass is 10.0. The molecular formula is C20H22N2O2. The van der Waals surface area contributed by atoms with Crippen molar-refractivity contribution in [1.29, 1.82) is 0 Å². The number of aliphatic imine (C=N–C) groups is 1. The number of nitrogens with zero attached hydrogens (tertiary/aromatic N) is 2. The first-order valence-corrected chi connectivity index (χ1v) is 8.16. The number of hydrogen-bond acceptors (Lipinski definition) is 3. The third-order valence-electron chi connectivity index (χ3n) is 3.77. The third-order valence-corrected chi connectivity index (χ3v) is 3.77.